The first-order chi connectivity index (χ1) is 6.77. The highest BCUT2D eigenvalue weighted by molar-refractivity contribution is 7.99. The minimum absolute atomic E-state index is 0.343. The molecule has 2 atom stereocenters. The first kappa shape index (κ1) is 10.1. The molecule has 1 saturated heterocycles. The average Bonchev–Trinajstić information content (AvgIpc) is 2.18. The quantitative estimate of drug-likeness (QED) is 0.766. The zero-order valence-electron chi connectivity index (χ0n) is 8.57. The van der Waals surface area contributed by atoms with Crippen LogP contribution in [0.4, 0.5) is 0 Å². The number of hydrogen-bond acceptors (Lipinski definition) is 2. The first-order valence-corrected chi connectivity index (χ1v) is 6.33. The molecule has 2 rings (SSSR count). The summed E-state index contributed by atoms with van der Waals surface area (Å²) in [5.74, 6) is 2.95. The van der Waals surface area contributed by atoms with Crippen LogP contribution < -0.4 is 5.73 Å². The summed E-state index contributed by atoms with van der Waals surface area (Å²) >= 11 is 1.98. The number of aryl methyl sites for hydroxylation is 1. The Morgan fingerprint density at radius 2 is 2.29 bits per heavy atom. The molecule has 1 aromatic carbocycles. The largest absolute Gasteiger partial charge is 0.326 e. The Balaban J connectivity index is 2.20. The summed E-state index contributed by atoms with van der Waals surface area (Å²) in [6.45, 7) is 2.15. The van der Waals surface area contributed by atoms with E-state index in [9.17, 15) is 0 Å². The summed E-state index contributed by atoms with van der Waals surface area (Å²) in [7, 11) is 0. The maximum Gasteiger partial charge on any atom is 0.0200 e. The Kier molecular flexibility index (Phi) is 3.14. The summed E-state index contributed by atoms with van der Waals surface area (Å²) < 4.78 is 0. The fraction of sp³-hybridized carbons (Fsp3) is 0.500. The molecule has 1 aromatic rings. The molecular weight excluding hydrogens is 190 g/mol. The van der Waals surface area contributed by atoms with Gasteiger partial charge in [-0.15, -0.1) is 0 Å². The van der Waals surface area contributed by atoms with Crippen LogP contribution in [0, 0.1) is 6.92 Å². The molecule has 14 heavy (non-hydrogen) atoms. The second kappa shape index (κ2) is 4.37. The van der Waals surface area contributed by atoms with Gasteiger partial charge in [0.15, 0.2) is 0 Å². The molecule has 0 aromatic heterocycles. The molecule has 1 aliphatic rings. The zero-order chi connectivity index (χ0) is 9.97. The van der Waals surface area contributed by atoms with Gasteiger partial charge in [-0.2, -0.15) is 11.8 Å². The van der Waals surface area contributed by atoms with Crippen molar-refractivity contribution in [2.24, 2.45) is 5.73 Å². The number of rotatable bonds is 1. The molecule has 2 heteroatoms. The van der Waals surface area contributed by atoms with Crippen LogP contribution in [-0.4, -0.2) is 17.5 Å². The normalized spacial score (nSPS) is 27.6. The summed E-state index contributed by atoms with van der Waals surface area (Å²) in [5, 5.41) is 0. The number of benzene rings is 1. The van der Waals surface area contributed by atoms with Gasteiger partial charge in [-0.3, -0.25) is 0 Å². The molecule has 0 spiro atoms. The van der Waals surface area contributed by atoms with E-state index in [1.165, 1.54) is 23.3 Å². The Hall–Kier alpha value is -0.470. The molecule has 1 aliphatic heterocycles. The molecule has 2 unspecified atom stereocenters. The Morgan fingerprint density at radius 1 is 1.43 bits per heavy atom. The standard InChI is InChI=1S/C12H17NS/c1-9-3-2-4-10(7-9)11-5-6-14-8-12(11)13/h2-4,7,11-12H,5-6,8,13H2,1H3. The lowest BCUT2D eigenvalue weighted by Gasteiger charge is -2.28. The van der Waals surface area contributed by atoms with Crippen LogP contribution in [0.3, 0.4) is 0 Å². The SMILES string of the molecule is Cc1cccc(C2CCSCC2N)c1. The van der Waals surface area contributed by atoms with Crippen molar-refractivity contribution in [2.45, 2.75) is 25.3 Å². The van der Waals surface area contributed by atoms with Crippen molar-refractivity contribution in [1.29, 1.82) is 0 Å². The van der Waals surface area contributed by atoms with Crippen LogP contribution in [0.5, 0.6) is 0 Å². The van der Waals surface area contributed by atoms with Crippen LogP contribution in [0.15, 0.2) is 24.3 Å². The Bertz CT molecular complexity index is 311. The maximum absolute atomic E-state index is 6.14. The van der Waals surface area contributed by atoms with E-state index in [-0.39, 0.29) is 0 Å². The van der Waals surface area contributed by atoms with Gasteiger partial charge in [0.2, 0.25) is 0 Å². The van der Waals surface area contributed by atoms with Crippen molar-refractivity contribution < 1.29 is 0 Å². The predicted molar refractivity (Wildman–Crippen MR) is 63.8 cm³/mol. The molecule has 1 heterocycles. The fourth-order valence-electron chi connectivity index (χ4n) is 2.07. The van der Waals surface area contributed by atoms with E-state index in [1.807, 2.05) is 11.8 Å². The molecule has 1 fully saturated rings. The zero-order valence-corrected chi connectivity index (χ0v) is 9.39. The van der Waals surface area contributed by atoms with E-state index in [0.717, 1.165) is 5.75 Å². The lowest BCUT2D eigenvalue weighted by atomic mass is 9.89. The molecular formula is C12H17NS. The van der Waals surface area contributed by atoms with E-state index >= 15 is 0 Å². The third-order valence-corrected chi connectivity index (χ3v) is 4.02. The number of hydrogen-bond donors (Lipinski definition) is 1. The van der Waals surface area contributed by atoms with Crippen LogP contribution >= 0.6 is 11.8 Å². The molecule has 0 aliphatic carbocycles. The van der Waals surface area contributed by atoms with E-state index in [1.54, 1.807) is 0 Å². The van der Waals surface area contributed by atoms with Crippen molar-refractivity contribution in [3.05, 3.63) is 35.4 Å². The minimum Gasteiger partial charge on any atom is -0.326 e. The van der Waals surface area contributed by atoms with E-state index in [2.05, 4.69) is 31.2 Å². The van der Waals surface area contributed by atoms with Gasteiger partial charge in [-0.1, -0.05) is 29.8 Å². The van der Waals surface area contributed by atoms with E-state index in [0.29, 0.717) is 12.0 Å². The van der Waals surface area contributed by atoms with Crippen LogP contribution in [0.25, 0.3) is 0 Å². The number of nitrogens with two attached hydrogens (primary N) is 1. The van der Waals surface area contributed by atoms with Gasteiger partial charge in [-0.25, -0.2) is 0 Å². The minimum atomic E-state index is 0.343. The van der Waals surface area contributed by atoms with Crippen molar-refractivity contribution >= 4 is 11.8 Å². The molecule has 76 valence electrons. The van der Waals surface area contributed by atoms with Crippen molar-refractivity contribution in [1.82, 2.24) is 0 Å². The monoisotopic (exact) mass is 207 g/mol. The van der Waals surface area contributed by atoms with Gasteiger partial charge in [0, 0.05) is 17.7 Å². The second-order valence-corrected chi connectivity index (χ2v) is 5.20. The highest BCUT2D eigenvalue weighted by atomic mass is 32.2. The lowest BCUT2D eigenvalue weighted by Crippen LogP contribution is -2.34. The molecule has 0 saturated carbocycles. The van der Waals surface area contributed by atoms with Gasteiger partial charge < -0.3 is 5.73 Å². The highest BCUT2D eigenvalue weighted by Crippen LogP contribution is 2.30. The second-order valence-electron chi connectivity index (χ2n) is 4.05. The summed E-state index contributed by atoms with van der Waals surface area (Å²) in [4.78, 5) is 0. The van der Waals surface area contributed by atoms with E-state index < -0.39 is 0 Å². The van der Waals surface area contributed by atoms with Gasteiger partial charge >= 0.3 is 0 Å². The first-order valence-electron chi connectivity index (χ1n) is 5.17. The third-order valence-electron chi connectivity index (χ3n) is 2.87. The maximum atomic E-state index is 6.14. The lowest BCUT2D eigenvalue weighted by molar-refractivity contribution is 0.549. The van der Waals surface area contributed by atoms with E-state index in [4.69, 9.17) is 5.73 Å². The highest BCUT2D eigenvalue weighted by Gasteiger charge is 2.23. The third kappa shape index (κ3) is 2.12. The van der Waals surface area contributed by atoms with Gasteiger partial charge in [-0.05, 0) is 24.7 Å². The summed E-state index contributed by atoms with van der Waals surface area (Å²) in [6, 6.07) is 9.12. The molecule has 0 radical (unpaired) electrons. The summed E-state index contributed by atoms with van der Waals surface area (Å²) in [5.41, 5.74) is 8.91. The molecule has 1 nitrogen and oxygen atoms in total. The van der Waals surface area contributed by atoms with Gasteiger partial charge in [0.05, 0.1) is 0 Å². The van der Waals surface area contributed by atoms with Gasteiger partial charge in [0.1, 0.15) is 0 Å². The fourth-order valence-corrected chi connectivity index (χ4v) is 3.17. The smallest absolute Gasteiger partial charge is 0.0200 e. The molecule has 0 amide bonds. The molecule has 2 N–H and O–H groups in total. The summed E-state index contributed by atoms with van der Waals surface area (Å²) in [6.07, 6.45) is 1.23. The molecule has 0 bridgehead atoms. The van der Waals surface area contributed by atoms with Crippen LogP contribution in [0.2, 0.25) is 0 Å². The average molecular weight is 207 g/mol. The Labute approximate surface area is 90.1 Å². The van der Waals surface area contributed by atoms with Gasteiger partial charge in [0.25, 0.3) is 0 Å². The Morgan fingerprint density at radius 3 is 3.00 bits per heavy atom. The van der Waals surface area contributed by atoms with Crippen LogP contribution in [-0.2, 0) is 0 Å². The van der Waals surface area contributed by atoms with Crippen molar-refractivity contribution in [2.75, 3.05) is 11.5 Å². The number of thioether (sulfide) groups is 1. The predicted octanol–water partition coefficient (Wildman–Crippen LogP) is 2.54. The van der Waals surface area contributed by atoms with Crippen molar-refractivity contribution in [3.8, 4) is 0 Å². The van der Waals surface area contributed by atoms with Crippen LogP contribution in [0.1, 0.15) is 23.5 Å². The van der Waals surface area contributed by atoms with Crippen molar-refractivity contribution in [3.63, 3.8) is 0 Å². The topological polar surface area (TPSA) is 26.0 Å².